The Hall–Kier alpha value is -1.52. The number of aromatic nitrogens is 1. The summed E-state index contributed by atoms with van der Waals surface area (Å²) in [6.07, 6.45) is 9.87. The lowest BCUT2D eigenvalue weighted by Gasteiger charge is -2.44. The van der Waals surface area contributed by atoms with E-state index in [0.717, 1.165) is 43.4 Å². The Labute approximate surface area is 159 Å². The number of benzene rings is 1. The molecule has 0 bridgehead atoms. The van der Waals surface area contributed by atoms with E-state index in [-0.39, 0.29) is 11.7 Å². The van der Waals surface area contributed by atoms with Crippen molar-refractivity contribution in [3.63, 3.8) is 0 Å². The molecule has 1 aromatic heterocycles. The summed E-state index contributed by atoms with van der Waals surface area (Å²) in [5.41, 5.74) is 6.71. The first-order chi connectivity index (χ1) is 12.5. The molecule has 0 amide bonds. The van der Waals surface area contributed by atoms with E-state index in [9.17, 15) is 4.79 Å². The molecule has 1 aromatic carbocycles. The number of pyridine rings is 1. The van der Waals surface area contributed by atoms with Gasteiger partial charge < -0.3 is 15.5 Å². The number of hydrogen-bond acceptors (Lipinski definition) is 3. The zero-order valence-corrected chi connectivity index (χ0v) is 16.0. The van der Waals surface area contributed by atoms with Gasteiger partial charge in [-0.25, -0.2) is 0 Å². The van der Waals surface area contributed by atoms with Gasteiger partial charge in [-0.05, 0) is 79.9 Å². The Morgan fingerprint density at radius 1 is 1.31 bits per heavy atom. The second kappa shape index (κ2) is 6.90. The van der Waals surface area contributed by atoms with Gasteiger partial charge in [-0.1, -0.05) is 18.5 Å². The third-order valence-electron chi connectivity index (χ3n) is 6.55. The minimum absolute atomic E-state index is 0.128. The third-order valence-corrected chi connectivity index (χ3v) is 6.85. The Bertz CT molecular complexity index is 851. The van der Waals surface area contributed by atoms with Gasteiger partial charge in [0.05, 0.1) is 11.1 Å². The fourth-order valence-corrected chi connectivity index (χ4v) is 5.06. The maximum absolute atomic E-state index is 11.9. The number of aromatic amines is 1. The van der Waals surface area contributed by atoms with Gasteiger partial charge in [0.25, 0.3) is 5.56 Å². The van der Waals surface area contributed by atoms with Crippen LogP contribution in [0.1, 0.15) is 51.9 Å². The largest absolute Gasteiger partial charge is 0.489 e. The van der Waals surface area contributed by atoms with Gasteiger partial charge in [0, 0.05) is 17.6 Å². The number of nitrogens with two attached hydrogens (primary N) is 1. The highest BCUT2D eigenvalue weighted by molar-refractivity contribution is 6.32. The smallest absolute Gasteiger partial charge is 0.255 e. The molecule has 140 valence electrons. The van der Waals surface area contributed by atoms with E-state index in [1.165, 1.54) is 12.8 Å². The van der Waals surface area contributed by atoms with Crippen molar-refractivity contribution in [2.75, 3.05) is 0 Å². The molecule has 2 aliphatic carbocycles. The third kappa shape index (κ3) is 3.14. The molecule has 2 fully saturated rings. The first kappa shape index (κ1) is 17.9. The number of ether oxygens (including phenoxy) is 1. The highest BCUT2D eigenvalue weighted by atomic mass is 35.5. The lowest BCUT2D eigenvalue weighted by Crippen LogP contribution is -2.47. The predicted octanol–water partition coefficient (Wildman–Crippen LogP) is 4.64. The minimum atomic E-state index is -0.128. The van der Waals surface area contributed by atoms with Crippen molar-refractivity contribution in [3.05, 3.63) is 39.8 Å². The summed E-state index contributed by atoms with van der Waals surface area (Å²) in [5.74, 6) is 1.49. The molecule has 2 aliphatic rings. The molecule has 4 nitrogen and oxygen atoms in total. The van der Waals surface area contributed by atoms with Crippen LogP contribution in [0, 0.1) is 11.3 Å². The zero-order valence-electron chi connectivity index (χ0n) is 15.3. The van der Waals surface area contributed by atoms with Crippen molar-refractivity contribution < 1.29 is 4.74 Å². The van der Waals surface area contributed by atoms with Gasteiger partial charge in [-0.15, -0.1) is 0 Å². The molecule has 3 N–H and O–H groups in total. The highest BCUT2D eigenvalue weighted by Crippen LogP contribution is 2.56. The van der Waals surface area contributed by atoms with Gasteiger partial charge in [0.2, 0.25) is 0 Å². The van der Waals surface area contributed by atoms with Crippen molar-refractivity contribution >= 4 is 22.4 Å². The number of rotatable bonds is 5. The summed E-state index contributed by atoms with van der Waals surface area (Å²) in [7, 11) is 0. The maximum atomic E-state index is 11.9. The van der Waals surface area contributed by atoms with E-state index in [4.69, 9.17) is 22.1 Å². The number of H-pyrrole nitrogens is 1. The molecule has 1 atom stereocenters. The molecular formula is C21H27ClN2O2. The number of halogens is 1. The van der Waals surface area contributed by atoms with E-state index in [0.29, 0.717) is 27.6 Å². The van der Waals surface area contributed by atoms with E-state index in [1.54, 1.807) is 12.3 Å². The van der Waals surface area contributed by atoms with Gasteiger partial charge in [0.15, 0.2) is 0 Å². The first-order valence-electron chi connectivity index (χ1n) is 9.76. The SMILES string of the molecule is CC[C@@H](N)C1(C2CC2)CCC(Oc2cc3cc[nH]c(=O)c3cc2Cl)CC1. The quantitative estimate of drug-likeness (QED) is 0.801. The molecule has 2 aromatic rings. The molecule has 0 saturated heterocycles. The summed E-state index contributed by atoms with van der Waals surface area (Å²) in [5, 5.41) is 1.94. The van der Waals surface area contributed by atoms with Crippen LogP contribution in [0.4, 0.5) is 0 Å². The van der Waals surface area contributed by atoms with Crippen LogP contribution >= 0.6 is 11.6 Å². The highest BCUT2D eigenvalue weighted by Gasteiger charge is 2.50. The monoisotopic (exact) mass is 374 g/mol. The Balaban J connectivity index is 1.50. The van der Waals surface area contributed by atoms with Crippen LogP contribution in [-0.2, 0) is 0 Å². The number of fused-ring (bicyclic) bond motifs is 1. The average Bonchev–Trinajstić information content (AvgIpc) is 3.49. The van der Waals surface area contributed by atoms with Crippen LogP contribution < -0.4 is 16.0 Å². The topological polar surface area (TPSA) is 68.1 Å². The predicted molar refractivity (Wildman–Crippen MR) is 106 cm³/mol. The fraction of sp³-hybridized carbons (Fsp3) is 0.571. The second-order valence-corrected chi connectivity index (χ2v) is 8.42. The van der Waals surface area contributed by atoms with Crippen molar-refractivity contribution in [1.82, 2.24) is 4.98 Å². The molecule has 2 saturated carbocycles. The lowest BCUT2D eigenvalue weighted by molar-refractivity contribution is 0.0435. The summed E-state index contributed by atoms with van der Waals surface area (Å²) >= 11 is 6.39. The Morgan fingerprint density at radius 2 is 2.04 bits per heavy atom. The second-order valence-electron chi connectivity index (χ2n) is 8.02. The van der Waals surface area contributed by atoms with Gasteiger partial charge >= 0.3 is 0 Å². The molecular weight excluding hydrogens is 348 g/mol. The number of hydrogen-bond donors (Lipinski definition) is 2. The van der Waals surface area contributed by atoms with E-state index in [1.807, 2.05) is 12.1 Å². The summed E-state index contributed by atoms with van der Waals surface area (Å²) in [6, 6.07) is 5.76. The van der Waals surface area contributed by atoms with Gasteiger partial charge in [-0.3, -0.25) is 4.79 Å². The summed E-state index contributed by atoms with van der Waals surface area (Å²) in [4.78, 5) is 14.6. The van der Waals surface area contributed by atoms with Crippen molar-refractivity contribution in [2.45, 2.75) is 64.0 Å². The van der Waals surface area contributed by atoms with Gasteiger partial charge in [0.1, 0.15) is 5.75 Å². The molecule has 0 aliphatic heterocycles. The van der Waals surface area contributed by atoms with Crippen molar-refractivity contribution in [2.24, 2.45) is 17.1 Å². The van der Waals surface area contributed by atoms with Crippen LogP contribution in [0.25, 0.3) is 10.8 Å². The van der Waals surface area contributed by atoms with Crippen LogP contribution in [0.5, 0.6) is 5.75 Å². The molecule has 0 spiro atoms. The first-order valence-corrected chi connectivity index (χ1v) is 10.1. The van der Waals surface area contributed by atoms with Crippen molar-refractivity contribution in [1.29, 1.82) is 0 Å². The molecule has 1 heterocycles. The normalized spacial score (nSPS) is 27.4. The molecule has 0 radical (unpaired) electrons. The average molecular weight is 375 g/mol. The molecule has 4 rings (SSSR count). The van der Waals surface area contributed by atoms with Crippen LogP contribution in [-0.4, -0.2) is 17.1 Å². The molecule has 5 heteroatoms. The molecule has 0 unspecified atom stereocenters. The van der Waals surface area contributed by atoms with Crippen LogP contribution in [0.15, 0.2) is 29.2 Å². The number of nitrogens with one attached hydrogen (secondary N) is 1. The zero-order chi connectivity index (χ0) is 18.3. The Morgan fingerprint density at radius 3 is 2.69 bits per heavy atom. The summed E-state index contributed by atoms with van der Waals surface area (Å²) < 4.78 is 6.26. The minimum Gasteiger partial charge on any atom is -0.489 e. The maximum Gasteiger partial charge on any atom is 0.255 e. The van der Waals surface area contributed by atoms with Crippen LogP contribution in [0.3, 0.4) is 0 Å². The van der Waals surface area contributed by atoms with E-state index < -0.39 is 0 Å². The van der Waals surface area contributed by atoms with E-state index >= 15 is 0 Å². The standard InChI is InChI=1S/C21H27ClN2O2/c1-2-19(23)21(14-3-4-14)8-5-15(6-9-21)26-18-11-13-7-10-24-20(25)16(13)12-17(18)22/h7,10-12,14-15,19H,2-6,8-9,23H2,1H3,(H,24,25)/t15?,19-,21?/m1/s1. The fourth-order valence-electron chi connectivity index (χ4n) is 4.85. The van der Waals surface area contributed by atoms with E-state index in [2.05, 4.69) is 11.9 Å². The summed E-state index contributed by atoms with van der Waals surface area (Å²) in [6.45, 7) is 2.20. The lowest BCUT2D eigenvalue weighted by atomic mass is 9.64. The van der Waals surface area contributed by atoms with Gasteiger partial charge in [-0.2, -0.15) is 0 Å². The van der Waals surface area contributed by atoms with Crippen LogP contribution in [0.2, 0.25) is 5.02 Å². The Kier molecular flexibility index (Phi) is 4.74. The molecule has 26 heavy (non-hydrogen) atoms. The van der Waals surface area contributed by atoms with Crippen molar-refractivity contribution in [3.8, 4) is 5.75 Å².